The van der Waals surface area contributed by atoms with Crippen LogP contribution in [-0.4, -0.2) is 67.3 Å². The van der Waals surface area contributed by atoms with Gasteiger partial charge in [-0.2, -0.15) is 0 Å². The molecule has 0 saturated carbocycles. The standard InChI is InChI=1S/C53H62N4O8/c1-37(2)30-48(50(59)54-35-47(40-18-8-4-9-19-40)41-20-10-5-11-21-41)57-49(58)28-27-43-31-45(63-52(61)56-34-42-24-14-23-39-22-12-13-26-46(39)42)32-53(64-43)29-15-25-44(65-53)36-62-51(60)55-33-38-16-6-3-7-17-38/h3-14,16-24,26,37,43-45,47-48H,15,25,27-36H2,1-2H3,(H,54,59)(H,55,60)(H,56,61)(H,57,58)/t43-,44-,45-,48+,53+/m1/s1. The van der Waals surface area contributed by atoms with Crippen molar-refractivity contribution >= 4 is 34.8 Å². The van der Waals surface area contributed by atoms with E-state index in [0.717, 1.165) is 39.4 Å². The highest BCUT2D eigenvalue weighted by Crippen LogP contribution is 2.41. The lowest BCUT2D eigenvalue weighted by Crippen LogP contribution is -2.54. The number of carbonyl (C=O) groups excluding carboxylic acids is 4. The number of nitrogens with one attached hydrogen (secondary N) is 4. The molecule has 2 aliphatic rings. The fraction of sp³-hybridized carbons (Fsp3) is 0.396. The summed E-state index contributed by atoms with van der Waals surface area (Å²) in [4.78, 5) is 53.6. The first-order chi connectivity index (χ1) is 31.6. The minimum Gasteiger partial charge on any atom is -0.447 e. The van der Waals surface area contributed by atoms with Crippen molar-refractivity contribution in [2.45, 2.75) is 114 Å². The van der Waals surface area contributed by atoms with Gasteiger partial charge in [0, 0.05) is 51.2 Å². The molecule has 0 unspecified atom stereocenters. The molecule has 2 fully saturated rings. The van der Waals surface area contributed by atoms with E-state index in [1.165, 1.54) is 0 Å². The molecule has 342 valence electrons. The lowest BCUT2D eigenvalue weighted by atomic mass is 9.90. The summed E-state index contributed by atoms with van der Waals surface area (Å²) < 4.78 is 25.0. The van der Waals surface area contributed by atoms with Gasteiger partial charge in [-0.3, -0.25) is 9.59 Å². The Morgan fingerprint density at radius 2 is 1.37 bits per heavy atom. The van der Waals surface area contributed by atoms with Crippen molar-refractivity contribution in [3.05, 3.63) is 156 Å². The van der Waals surface area contributed by atoms with Crippen molar-refractivity contribution in [3.8, 4) is 0 Å². The van der Waals surface area contributed by atoms with Crippen LogP contribution in [0.4, 0.5) is 9.59 Å². The van der Waals surface area contributed by atoms with Crippen LogP contribution in [0.3, 0.4) is 0 Å². The zero-order valence-electron chi connectivity index (χ0n) is 37.4. The van der Waals surface area contributed by atoms with E-state index in [2.05, 4.69) is 45.5 Å². The van der Waals surface area contributed by atoms with Crippen LogP contribution in [0.1, 0.15) is 93.4 Å². The Morgan fingerprint density at radius 3 is 2.09 bits per heavy atom. The number of hydrogen-bond donors (Lipinski definition) is 4. The minimum atomic E-state index is -1.12. The zero-order valence-corrected chi connectivity index (χ0v) is 37.4. The number of alkyl carbamates (subject to hydrolysis) is 2. The largest absolute Gasteiger partial charge is 0.447 e. The molecule has 0 aromatic heterocycles. The van der Waals surface area contributed by atoms with Crippen LogP contribution in [0.15, 0.2) is 133 Å². The highest BCUT2D eigenvalue weighted by atomic mass is 16.7. The Morgan fingerprint density at radius 1 is 0.723 bits per heavy atom. The minimum absolute atomic E-state index is 0.0204. The van der Waals surface area contributed by atoms with Gasteiger partial charge in [0.25, 0.3) is 0 Å². The molecule has 5 aromatic carbocycles. The van der Waals surface area contributed by atoms with Gasteiger partial charge in [-0.1, -0.05) is 147 Å². The first kappa shape index (κ1) is 46.7. The molecule has 5 aromatic rings. The van der Waals surface area contributed by atoms with Gasteiger partial charge in [0.2, 0.25) is 11.8 Å². The van der Waals surface area contributed by atoms with Crippen LogP contribution in [0.25, 0.3) is 10.8 Å². The molecule has 0 aliphatic carbocycles. The second kappa shape index (κ2) is 23.1. The van der Waals surface area contributed by atoms with E-state index in [1.54, 1.807) is 0 Å². The normalized spacial score (nSPS) is 19.9. The quantitative estimate of drug-likeness (QED) is 0.0681. The van der Waals surface area contributed by atoms with Crippen molar-refractivity contribution in [2.24, 2.45) is 5.92 Å². The van der Waals surface area contributed by atoms with E-state index in [0.29, 0.717) is 45.2 Å². The summed E-state index contributed by atoms with van der Waals surface area (Å²) >= 11 is 0. The van der Waals surface area contributed by atoms with Crippen LogP contribution in [-0.2, 0) is 41.6 Å². The second-order valence-corrected chi connectivity index (χ2v) is 17.6. The molecule has 4 N–H and O–H groups in total. The third-order valence-electron chi connectivity index (χ3n) is 12.1. The van der Waals surface area contributed by atoms with Gasteiger partial charge >= 0.3 is 12.2 Å². The summed E-state index contributed by atoms with van der Waals surface area (Å²) in [5, 5.41) is 14.0. The number of hydrogen-bond acceptors (Lipinski definition) is 8. The van der Waals surface area contributed by atoms with Gasteiger partial charge in [0.1, 0.15) is 18.8 Å². The number of rotatable bonds is 18. The SMILES string of the molecule is CC(C)C[C@H](NC(=O)CC[C@@H]1C[C@@H](OC(=O)NCc2cccc3ccccc23)C[C@@]2(CCC[C@H](COC(=O)NCc3ccccc3)O2)O1)C(=O)NCC(c1ccccc1)c1ccccc1. The second-order valence-electron chi connectivity index (χ2n) is 17.6. The molecule has 2 aliphatic heterocycles. The Kier molecular flexibility index (Phi) is 16.6. The summed E-state index contributed by atoms with van der Waals surface area (Å²) in [6, 6.07) is 43.0. The van der Waals surface area contributed by atoms with Crippen molar-refractivity contribution < 1.29 is 38.1 Å². The van der Waals surface area contributed by atoms with E-state index in [9.17, 15) is 19.2 Å². The van der Waals surface area contributed by atoms with Crippen molar-refractivity contribution in [3.63, 3.8) is 0 Å². The van der Waals surface area contributed by atoms with Crippen LogP contribution in [0.5, 0.6) is 0 Å². The fourth-order valence-corrected chi connectivity index (χ4v) is 8.95. The lowest BCUT2D eigenvalue weighted by Gasteiger charge is -2.47. The van der Waals surface area contributed by atoms with Crippen LogP contribution in [0, 0.1) is 5.92 Å². The van der Waals surface area contributed by atoms with E-state index in [1.807, 2.05) is 123 Å². The third kappa shape index (κ3) is 13.9. The van der Waals surface area contributed by atoms with Gasteiger partial charge in [-0.15, -0.1) is 0 Å². The Balaban J connectivity index is 0.980. The topological polar surface area (TPSA) is 153 Å². The molecule has 12 nitrogen and oxygen atoms in total. The third-order valence-corrected chi connectivity index (χ3v) is 12.1. The Bertz CT molecular complexity index is 2270. The number of benzene rings is 5. The Hall–Kier alpha value is -6.24. The van der Waals surface area contributed by atoms with Crippen molar-refractivity contribution in [1.29, 1.82) is 0 Å². The summed E-state index contributed by atoms with van der Waals surface area (Å²) in [5.41, 5.74) is 4.09. The van der Waals surface area contributed by atoms with E-state index >= 15 is 0 Å². The first-order valence-corrected chi connectivity index (χ1v) is 23.0. The van der Waals surface area contributed by atoms with Crippen molar-refractivity contribution in [1.82, 2.24) is 21.3 Å². The van der Waals surface area contributed by atoms with Gasteiger partial charge < -0.3 is 40.2 Å². The molecule has 12 heteroatoms. The predicted molar refractivity (Wildman–Crippen MR) is 250 cm³/mol. The van der Waals surface area contributed by atoms with Crippen LogP contribution in [0.2, 0.25) is 0 Å². The molecule has 0 radical (unpaired) electrons. The monoisotopic (exact) mass is 882 g/mol. The summed E-state index contributed by atoms with van der Waals surface area (Å²) in [7, 11) is 0. The number of ether oxygens (including phenoxy) is 4. The van der Waals surface area contributed by atoms with Crippen molar-refractivity contribution in [2.75, 3.05) is 13.2 Å². The Labute approximate surface area is 382 Å². The molecule has 2 heterocycles. The van der Waals surface area contributed by atoms with Crippen LogP contribution >= 0.6 is 0 Å². The average molecular weight is 883 g/mol. The zero-order chi connectivity index (χ0) is 45.4. The van der Waals surface area contributed by atoms with Gasteiger partial charge in [-0.25, -0.2) is 9.59 Å². The molecule has 65 heavy (non-hydrogen) atoms. The molecule has 5 atom stereocenters. The highest BCUT2D eigenvalue weighted by Gasteiger charge is 2.47. The summed E-state index contributed by atoms with van der Waals surface area (Å²) in [6.07, 6.45) is 0.731. The van der Waals surface area contributed by atoms with Gasteiger partial charge in [0.15, 0.2) is 5.79 Å². The van der Waals surface area contributed by atoms with E-state index in [4.69, 9.17) is 18.9 Å². The maximum Gasteiger partial charge on any atom is 0.407 e. The lowest BCUT2D eigenvalue weighted by molar-refractivity contribution is -0.329. The smallest absolute Gasteiger partial charge is 0.407 e. The fourth-order valence-electron chi connectivity index (χ4n) is 8.95. The number of amides is 4. The molecular formula is C53H62N4O8. The maximum absolute atomic E-state index is 13.8. The summed E-state index contributed by atoms with van der Waals surface area (Å²) in [6.45, 7) is 5.06. The van der Waals surface area contributed by atoms with Crippen LogP contribution < -0.4 is 21.3 Å². The van der Waals surface area contributed by atoms with Gasteiger partial charge in [-0.05, 0) is 64.6 Å². The number of carbonyl (C=O) groups is 4. The van der Waals surface area contributed by atoms with E-state index < -0.39 is 42.3 Å². The molecule has 4 amide bonds. The molecule has 2 saturated heterocycles. The highest BCUT2D eigenvalue weighted by molar-refractivity contribution is 5.88. The molecule has 1 spiro atoms. The first-order valence-electron chi connectivity index (χ1n) is 23.0. The molecular weight excluding hydrogens is 821 g/mol. The molecule has 7 rings (SSSR count). The van der Waals surface area contributed by atoms with Gasteiger partial charge in [0.05, 0.1) is 12.2 Å². The van der Waals surface area contributed by atoms with E-state index in [-0.39, 0.29) is 49.6 Å². The predicted octanol–water partition coefficient (Wildman–Crippen LogP) is 9.06. The summed E-state index contributed by atoms with van der Waals surface area (Å²) in [5.74, 6) is -1.56. The maximum atomic E-state index is 13.8. The number of fused-ring (bicyclic) bond motifs is 1. The molecule has 0 bridgehead atoms. The average Bonchev–Trinajstić information content (AvgIpc) is 3.32.